The topological polar surface area (TPSA) is 40.7 Å². The first kappa shape index (κ1) is 9.99. The van der Waals surface area contributed by atoms with Gasteiger partial charge in [0.05, 0.1) is 6.20 Å². The van der Waals surface area contributed by atoms with Gasteiger partial charge in [-0.3, -0.25) is 5.10 Å². The van der Waals surface area contributed by atoms with Crippen molar-refractivity contribution in [3.8, 4) is 0 Å². The fraction of sp³-hybridized carbons (Fsp3) is 0.500. The van der Waals surface area contributed by atoms with Crippen LogP contribution in [0.2, 0.25) is 0 Å². The van der Waals surface area contributed by atoms with Gasteiger partial charge in [-0.15, -0.1) is 6.58 Å². The zero-order valence-corrected chi connectivity index (χ0v) is 8.46. The van der Waals surface area contributed by atoms with Gasteiger partial charge in [0.1, 0.15) is 0 Å². The second kappa shape index (κ2) is 4.23. The van der Waals surface area contributed by atoms with E-state index in [1.807, 2.05) is 19.2 Å². The Labute approximate surface area is 79.2 Å². The van der Waals surface area contributed by atoms with Crippen molar-refractivity contribution < 1.29 is 0 Å². The van der Waals surface area contributed by atoms with Crippen LogP contribution in [0.15, 0.2) is 18.9 Å². The molecule has 2 unspecified atom stereocenters. The van der Waals surface area contributed by atoms with Crippen LogP contribution in [0.4, 0.5) is 0 Å². The molecule has 0 aliphatic rings. The van der Waals surface area contributed by atoms with Crippen LogP contribution in [-0.2, 0) is 0 Å². The molecule has 0 saturated heterocycles. The maximum atomic E-state index is 3.99. The smallest absolute Gasteiger partial charge is 0.0537 e. The van der Waals surface area contributed by atoms with Gasteiger partial charge >= 0.3 is 0 Å². The minimum atomic E-state index is 0.312. The normalized spacial score (nSPS) is 15.3. The molecule has 1 aromatic heterocycles. The van der Waals surface area contributed by atoms with Gasteiger partial charge in [-0.2, -0.15) is 5.10 Å². The van der Waals surface area contributed by atoms with Gasteiger partial charge in [0.2, 0.25) is 0 Å². The highest BCUT2D eigenvalue weighted by molar-refractivity contribution is 5.18. The van der Waals surface area contributed by atoms with Crippen molar-refractivity contribution >= 4 is 0 Å². The molecule has 0 fully saturated rings. The number of aromatic nitrogens is 2. The first-order valence-corrected chi connectivity index (χ1v) is 4.53. The van der Waals surface area contributed by atoms with Crippen LogP contribution >= 0.6 is 0 Å². The number of rotatable bonds is 4. The Balaban J connectivity index is 2.63. The molecule has 2 N–H and O–H groups in total. The van der Waals surface area contributed by atoms with Gasteiger partial charge in [0, 0.05) is 23.3 Å². The third-order valence-corrected chi connectivity index (χ3v) is 2.20. The zero-order valence-electron chi connectivity index (χ0n) is 8.46. The minimum absolute atomic E-state index is 0.312. The summed E-state index contributed by atoms with van der Waals surface area (Å²) in [7, 11) is 0. The van der Waals surface area contributed by atoms with Gasteiger partial charge in [0.25, 0.3) is 0 Å². The molecule has 0 spiro atoms. The van der Waals surface area contributed by atoms with Gasteiger partial charge in [-0.1, -0.05) is 6.08 Å². The first-order chi connectivity index (χ1) is 6.15. The lowest BCUT2D eigenvalue weighted by molar-refractivity contribution is 0.535. The molecule has 0 bridgehead atoms. The molecule has 72 valence electrons. The van der Waals surface area contributed by atoms with Crippen LogP contribution in [0.3, 0.4) is 0 Å². The van der Waals surface area contributed by atoms with E-state index in [9.17, 15) is 0 Å². The highest BCUT2D eigenvalue weighted by atomic mass is 15.1. The number of hydrogen-bond donors (Lipinski definition) is 2. The molecule has 13 heavy (non-hydrogen) atoms. The summed E-state index contributed by atoms with van der Waals surface area (Å²) in [6, 6.07) is 0.635. The SMILES string of the molecule is C=CC(C)NC(C)c1cn[nH]c1C. The predicted octanol–water partition coefficient (Wildman–Crippen LogP) is 1.94. The van der Waals surface area contributed by atoms with E-state index in [0.29, 0.717) is 12.1 Å². The molecule has 0 aromatic carbocycles. The Kier molecular flexibility index (Phi) is 3.25. The van der Waals surface area contributed by atoms with E-state index in [1.165, 1.54) is 5.56 Å². The Morgan fingerprint density at radius 1 is 1.62 bits per heavy atom. The van der Waals surface area contributed by atoms with Crippen LogP contribution in [0, 0.1) is 6.92 Å². The molecule has 0 amide bonds. The lowest BCUT2D eigenvalue weighted by atomic mass is 10.1. The first-order valence-electron chi connectivity index (χ1n) is 4.53. The Bertz CT molecular complexity index is 277. The molecular formula is C10H17N3. The Morgan fingerprint density at radius 3 is 2.77 bits per heavy atom. The van der Waals surface area contributed by atoms with E-state index in [0.717, 1.165) is 5.69 Å². The van der Waals surface area contributed by atoms with E-state index >= 15 is 0 Å². The van der Waals surface area contributed by atoms with Crippen LogP contribution < -0.4 is 5.32 Å². The van der Waals surface area contributed by atoms with Gasteiger partial charge < -0.3 is 5.32 Å². The molecular weight excluding hydrogens is 162 g/mol. The predicted molar refractivity (Wildman–Crippen MR) is 54.5 cm³/mol. The summed E-state index contributed by atoms with van der Waals surface area (Å²) < 4.78 is 0. The molecule has 3 heteroatoms. The van der Waals surface area contributed by atoms with Crippen LogP contribution in [0.25, 0.3) is 0 Å². The summed E-state index contributed by atoms with van der Waals surface area (Å²) in [6.07, 6.45) is 3.76. The largest absolute Gasteiger partial charge is 0.304 e. The summed E-state index contributed by atoms with van der Waals surface area (Å²) in [5.74, 6) is 0. The summed E-state index contributed by atoms with van der Waals surface area (Å²) in [4.78, 5) is 0. The number of nitrogens with one attached hydrogen (secondary N) is 2. The molecule has 1 aromatic rings. The zero-order chi connectivity index (χ0) is 9.84. The highest BCUT2D eigenvalue weighted by Crippen LogP contribution is 2.14. The van der Waals surface area contributed by atoms with Crippen molar-refractivity contribution in [2.45, 2.75) is 32.9 Å². The highest BCUT2D eigenvalue weighted by Gasteiger charge is 2.10. The fourth-order valence-corrected chi connectivity index (χ4v) is 1.35. The maximum Gasteiger partial charge on any atom is 0.0537 e. The van der Waals surface area contributed by atoms with Crippen molar-refractivity contribution in [3.63, 3.8) is 0 Å². The maximum absolute atomic E-state index is 3.99. The third-order valence-electron chi connectivity index (χ3n) is 2.20. The van der Waals surface area contributed by atoms with E-state index in [1.54, 1.807) is 0 Å². The average molecular weight is 179 g/mol. The monoisotopic (exact) mass is 179 g/mol. The summed E-state index contributed by atoms with van der Waals surface area (Å²) in [5.41, 5.74) is 2.34. The van der Waals surface area contributed by atoms with Gasteiger partial charge in [0.15, 0.2) is 0 Å². The molecule has 0 saturated carbocycles. The van der Waals surface area contributed by atoms with Crippen molar-refractivity contribution in [2.75, 3.05) is 0 Å². The van der Waals surface area contributed by atoms with Crippen molar-refractivity contribution in [3.05, 3.63) is 30.1 Å². The van der Waals surface area contributed by atoms with Crippen LogP contribution in [0.1, 0.15) is 31.1 Å². The molecule has 1 rings (SSSR count). The standard InChI is InChI=1S/C10H17N3/c1-5-7(2)12-8(3)10-6-11-13-9(10)4/h5-8,12H,1H2,2-4H3,(H,11,13). The fourth-order valence-electron chi connectivity index (χ4n) is 1.35. The summed E-state index contributed by atoms with van der Waals surface area (Å²) in [5, 5.41) is 10.3. The molecule has 2 atom stereocenters. The molecule has 0 radical (unpaired) electrons. The van der Waals surface area contributed by atoms with E-state index in [2.05, 4.69) is 35.9 Å². The van der Waals surface area contributed by atoms with Crippen molar-refractivity contribution in [1.29, 1.82) is 0 Å². The Hall–Kier alpha value is -1.09. The molecule has 3 nitrogen and oxygen atoms in total. The summed E-state index contributed by atoms with van der Waals surface area (Å²) >= 11 is 0. The minimum Gasteiger partial charge on any atom is -0.304 e. The second-order valence-corrected chi connectivity index (χ2v) is 3.36. The average Bonchev–Trinajstić information content (AvgIpc) is 2.51. The number of aromatic amines is 1. The van der Waals surface area contributed by atoms with Crippen molar-refractivity contribution in [1.82, 2.24) is 15.5 Å². The van der Waals surface area contributed by atoms with E-state index in [4.69, 9.17) is 0 Å². The lowest BCUT2D eigenvalue weighted by Crippen LogP contribution is -2.27. The Morgan fingerprint density at radius 2 is 2.31 bits per heavy atom. The quantitative estimate of drug-likeness (QED) is 0.693. The van der Waals surface area contributed by atoms with Gasteiger partial charge in [-0.25, -0.2) is 0 Å². The van der Waals surface area contributed by atoms with E-state index < -0.39 is 0 Å². The molecule has 1 heterocycles. The number of hydrogen-bond acceptors (Lipinski definition) is 2. The van der Waals surface area contributed by atoms with E-state index in [-0.39, 0.29) is 0 Å². The van der Waals surface area contributed by atoms with Crippen molar-refractivity contribution in [2.24, 2.45) is 0 Å². The third kappa shape index (κ3) is 2.42. The summed E-state index contributed by atoms with van der Waals surface area (Å²) in [6.45, 7) is 9.96. The van der Waals surface area contributed by atoms with Crippen LogP contribution in [-0.4, -0.2) is 16.2 Å². The lowest BCUT2D eigenvalue weighted by Gasteiger charge is -2.16. The molecule has 0 aliphatic heterocycles. The van der Waals surface area contributed by atoms with Gasteiger partial charge in [-0.05, 0) is 20.8 Å². The molecule has 0 aliphatic carbocycles. The second-order valence-electron chi connectivity index (χ2n) is 3.36. The number of nitrogens with zero attached hydrogens (tertiary/aromatic N) is 1. The number of H-pyrrole nitrogens is 1. The number of aryl methyl sites for hydroxylation is 1. The van der Waals surface area contributed by atoms with Crippen LogP contribution in [0.5, 0.6) is 0 Å².